The highest BCUT2D eigenvalue weighted by atomic mass is 16.5. The van der Waals surface area contributed by atoms with E-state index in [9.17, 15) is 4.79 Å². The molecule has 1 saturated heterocycles. The largest absolute Gasteiger partial charge is 0.480 e. The van der Waals surface area contributed by atoms with Crippen molar-refractivity contribution in [2.75, 3.05) is 20.2 Å². The molecule has 0 aromatic carbocycles. The van der Waals surface area contributed by atoms with Crippen LogP contribution in [0.1, 0.15) is 41.4 Å². The zero-order valence-electron chi connectivity index (χ0n) is 13.3. The molecule has 2 aliphatic rings. The maximum absolute atomic E-state index is 12.5. The lowest BCUT2D eigenvalue weighted by molar-refractivity contribution is 0.0760. The van der Waals surface area contributed by atoms with Gasteiger partial charge in [-0.3, -0.25) is 9.78 Å². The van der Waals surface area contributed by atoms with Crippen LogP contribution in [0.3, 0.4) is 0 Å². The Labute approximate surface area is 138 Å². The molecule has 4 rings (SSSR count). The number of ether oxygens (including phenoxy) is 2. The second-order valence-corrected chi connectivity index (χ2v) is 6.07. The number of hydrogen-bond acceptors (Lipinski definition) is 7. The second-order valence-electron chi connectivity index (χ2n) is 6.07. The van der Waals surface area contributed by atoms with E-state index in [1.54, 1.807) is 11.0 Å². The number of rotatable bonds is 5. The Morgan fingerprint density at radius 1 is 1.29 bits per heavy atom. The summed E-state index contributed by atoms with van der Waals surface area (Å²) in [5.41, 5.74) is 0.374. The molecule has 8 heteroatoms. The van der Waals surface area contributed by atoms with Crippen molar-refractivity contribution in [1.82, 2.24) is 20.0 Å². The standard InChI is InChI=1S/C16H18N4O4/c1-22-14-7-17-8-15(18-14)23-11-4-5-20(9-11)16(21)12-6-13(24-19-12)10-2-3-10/h6-8,10-11H,2-5,9H2,1H3/t11-/m0/s1. The van der Waals surface area contributed by atoms with Crippen LogP contribution in [0.2, 0.25) is 0 Å². The van der Waals surface area contributed by atoms with Gasteiger partial charge in [-0.25, -0.2) is 0 Å². The van der Waals surface area contributed by atoms with Crippen LogP contribution < -0.4 is 9.47 Å². The first kappa shape index (κ1) is 14.9. The molecular formula is C16H18N4O4. The third kappa shape index (κ3) is 3.04. The number of carbonyl (C=O) groups excluding carboxylic acids is 1. The Morgan fingerprint density at radius 2 is 2.12 bits per heavy atom. The zero-order chi connectivity index (χ0) is 16.5. The second kappa shape index (κ2) is 6.10. The molecular weight excluding hydrogens is 312 g/mol. The lowest BCUT2D eigenvalue weighted by Gasteiger charge is -2.15. The molecule has 24 heavy (non-hydrogen) atoms. The molecule has 1 aliphatic carbocycles. The third-order valence-corrected chi connectivity index (χ3v) is 4.25. The predicted octanol–water partition coefficient (Wildman–Crippen LogP) is 1.64. The van der Waals surface area contributed by atoms with E-state index >= 15 is 0 Å². The fourth-order valence-electron chi connectivity index (χ4n) is 2.78. The predicted molar refractivity (Wildman–Crippen MR) is 82.0 cm³/mol. The molecule has 0 unspecified atom stereocenters. The first-order valence-corrected chi connectivity index (χ1v) is 8.01. The van der Waals surface area contributed by atoms with E-state index in [4.69, 9.17) is 14.0 Å². The Bertz CT molecular complexity index is 743. The topological polar surface area (TPSA) is 90.6 Å². The Kier molecular flexibility index (Phi) is 3.79. The van der Waals surface area contributed by atoms with E-state index in [1.807, 2.05) is 0 Å². The van der Waals surface area contributed by atoms with E-state index in [1.165, 1.54) is 19.5 Å². The minimum Gasteiger partial charge on any atom is -0.480 e. The zero-order valence-corrected chi connectivity index (χ0v) is 13.3. The summed E-state index contributed by atoms with van der Waals surface area (Å²) in [5, 5.41) is 3.91. The van der Waals surface area contributed by atoms with Crippen molar-refractivity contribution in [1.29, 1.82) is 0 Å². The van der Waals surface area contributed by atoms with Gasteiger partial charge in [0.15, 0.2) is 5.69 Å². The number of likely N-dealkylation sites (tertiary alicyclic amines) is 1. The van der Waals surface area contributed by atoms with E-state index in [0.29, 0.717) is 36.5 Å². The molecule has 2 aromatic rings. The molecule has 0 bridgehead atoms. The molecule has 1 amide bonds. The van der Waals surface area contributed by atoms with Crippen molar-refractivity contribution in [2.24, 2.45) is 0 Å². The van der Waals surface area contributed by atoms with Gasteiger partial charge in [0.05, 0.1) is 26.0 Å². The molecule has 8 nitrogen and oxygen atoms in total. The first-order chi connectivity index (χ1) is 11.7. The summed E-state index contributed by atoms with van der Waals surface area (Å²) in [6, 6.07) is 1.77. The average molecular weight is 330 g/mol. The normalized spacial score (nSPS) is 20.2. The van der Waals surface area contributed by atoms with Gasteiger partial charge < -0.3 is 18.9 Å². The number of carbonyl (C=O) groups is 1. The lowest BCUT2D eigenvalue weighted by Crippen LogP contribution is -2.31. The number of hydrogen-bond donors (Lipinski definition) is 0. The minimum absolute atomic E-state index is 0.117. The third-order valence-electron chi connectivity index (χ3n) is 4.25. The van der Waals surface area contributed by atoms with Crippen molar-refractivity contribution < 1.29 is 18.8 Å². The molecule has 1 atom stereocenters. The molecule has 2 fully saturated rings. The number of methoxy groups -OCH3 is 1. The fraction of sp³-hybridized carbons (Fsp3) is 0.500. The average Bonchev–Trinajstić information content (AvgIpc) is 3.16. The summed E-state index contributed by atoms with van der Waals surface area (Å²) in [7, 11) is 1.53. The van der Waals surface area contributed by atoms with Crippen LogP contribution in [0, 0.1) is 0 Å². The van der Waals surface area contributed by atoms with Crippen molar-refractivity contribution >= 4 is 5.91 Å². The van der Waals surface area contributed by atoms with Gasteiger partial charge >= 0.3 is 0 Å². The quantitative estimate of drug-likeness (QED) is 0.823. The van der Waals surface area contributed by atoms with Crippen LogP contribution in [-0.4, -0.2) is 52.2 Å². The summed E-state index contributed by atoms with van der Waals surface area (Å²) in [5.74, 6) is 1.94. The van der Waals surface area contributed by atoms with Gasteiger partial charge in [0.2, 0.25) is 11.8 Å². The van der Waals surface area contributed by atoms with Crippen LogP contribution in [0.4, 0.5) is 0 Å². The number of amides is 1. The Balaban J connectivity index is 1.37. The Morgan fingerprint density at radius 3 is 2.92 bits per heavy atom. The number of aromatic nitrogens is 3. The van der Waals surface area contributed by atoms with E-state index in [2.05, 4.69) is 15.1 Å². The van der Waals surface area contributed by atoms with Crippen molar-refractivity contribution in [3.8, 4) is 11.8 Å². The van der Waals surface area contributed by atoms with Crippen LogP contribution in [0.5, 0.6) is 11.8 Å². The first-order valence-electron chi connectivity index (χ1n) is 8.01. The van der Waals surface area contributed by atoms with Gasteiger partial charge in [-0.2, -0.15) is 4.98 Å². The van der Waals surface area contributed by atoms with Gasteiger partial charge in [-0.05, 0) is 12.8 Å². The molecule has 0 spiro atoms. The minimum atomic E-state index is -0.120. The molecule has 1 saturated carbocycles. The van der Waals surface area contributed by atoms with Crippen LogP contribution in [0.15, 0.2) is 23.0 Å². The molecule has 1 aliphatic heterocycles. The van der Waals surface area contributed by atoms with Crippen molar-refractivity contribution in [3.63, 3.8) is 0 Å². The molecule has 0 radical (unpaired) electrons. The highest BCUT2D eigenvalue weighted by molar-refractivity contribution is 5.92. The highest BCUT2D eigenvalue weighted by Crippen LogP contribution is 2.40. The number of nitrogens with zero attached hydrogens (tertiary/aromatic N) is 4. The van der Waals surface area contributed by atoms with Gasteiger partial charge in [-0.1, -0.05) is 5.16 Å². The van der Waals surface area contributed by atoms with Crippen molar-refractivity contribution in [3.05, 3.63) is 29.9 Å². The van der Waals surface area contributed by atoms with Gasteiger partial charge in [0.25, 0.3) is 5.91 Å². The monoisotopic (exact) mass is 330 g/mol. The van der Waals surface area contributed by atoms with Gasteiger partial charge in [0, 0.05) is 24.9 Å². The maximum Gasteiger partial charge on any atom is 0.276 e. The fourth-order valence-corrected chi connectivity index (χ4v) is 2.78. The maximum atomic E-state index is 12.5. The van der Waals surface area contributed by atoms with E-state index in [-0.39, 0.29) is 12.0 Å². The van der Waals surface area contributed by atoms with Crippen LogP contribution in [0.25, 0.3) is 0 Å². The Hall–Kier alpha value is -2.64. The SMILES string of the molecule is COc1cncc(O[C@H]2CCN(C(=O)c3cc(C4CC4)on3)C2)n1. The summed E-state index contributed by atoms with van der Waals surface area (Å²) in [6.45, 7) is 1.11. The lowest BCUT2D eigenvalue weighted by atomic mass is 10.2. The summed E-state index contributed by atoms with van der Waals surface area (Å²) in [6.07, 6.45) is 5.89. The van der Waals surface area contributed by atoms with Gasteiger partial charge in [-0.15, -0.1) is 0 Å². The van der Waals surface area contributed by atoms with Crippen molar-refractivity contribution in [2.45, 2.75) is 31.3 Å². The molecule has 0 N–H and O–H groups in total. The van der Waals surface area contributed by atoms with E-state index in [0.717, 1.165) is 25.0 Å². The smallest absolute Gasteiger partial charge is 0.276 e. The molecule has 2 aromatic heterocycles. The van der Waals surface area contributed by atoms with Crippen LogP contribution in [-0.2, 0) is 0 Å². The summed E-state index contributed by atoms with van der Waals surface area (Å²) >= 11 is 0. The molecule has 126 valence electrons. The summed E-state index contributed by atoms with van der Waals surface area (Å²) in [4.78, 5) is 22.4. The van der Waals surface area contributed by atoms with Gasteiger partial charge in [0.1, 0.15) is 11.9 Å². The van der Waals surface area contributed by atoms with Crippen LogP contribution >= 0.6 is 0 Å². The summed E-state index contributed by atoms with van der Waals surface area (Å²) < 4.78 is 16.1. The van der Waals surface area contributed by atoms with E-state index < -0.39 is 0 Å². The highest BCUT2D eigenvalue weighted by Gasteiger charge is 2.33. The molecule has 3 heterocycles.